The Morgan fingerprint density at radius 1 is 0.862 bits per heavy atom. The second-order valence-corrected chi connectivity index (χ2v) is 6.47. The number of amides is 2. The molecule has 0 spiro atoms. The van der Waals surface area contributed by atoms with Gasteiger partial charge < -0.3 is 16.0 Å². The molecule has 3 aromatic carbocycles. The first-order valence-electron chi connectivity index (χ1n) is 8.57. The lowest BCUT2D eigenvalue weighted by Crippen LogP contribution is -2.23. The summed E-state index contributed by atoms with van der Waals surface area (Å²) in [6, 6.07) is 15.9. The quantitative estimate of drug-likeness (QED) is 0.535. The molecule has 3 rings (SSSR count). The normalized spacial score (nSPS) is 10.3. The van der Waals surface area contributed by atoms with Gasteiger partial charge in [-0.15, -0.1) is 0 Å². The zero-order valence-corrected chi connectivity index (χ0v) is 15.8. The van der Waals surface area contributed by atoms with Crippen molar-refractivity contribution in [3.63, 3.8) is 0 Å². The van der Waals surface area contributed by atoms with Gasteiger partial charge in [0, 0.05) is 16.4 Å². The van der Waals surface area contributed by atoms with Crippen molar-refractivity contribution in [2.45, 2.75) is 0 Å². The minimum absolute atomic E-state index is 0.00328. The van der Waals surface area contributed by atoms with E-state index in [-0.39, 0.29) is 17.3 Å². The molecule has 0 unspecified atom stereocenters. The topological polar surface area (TPSA) is 70.2 Å². The van der Waals surface area contributed by atoms with Gasteiger partial charge in [-0.2, -0.15) is 0 Å². The Morgan fingerprint density at radius 2 is 1.59 bits per heavy atom. The fourth-order valence-corrected chi connectivity index (χ4v) is 2.69. The molecule has 0 fully saturated rings. The number of rotatable bonds is 6. The van der Waals surface area contributed by atoms with Crippen LogP contribution in [0.15, 0.2) is 66.7 Å². The second kappa shape index (κ2) is 9.16. The molecule has 0 aliphatic rings. The predicted molar refractivity (Wildman–Crippen MR) is 109 cm³/mol. The van der Waals surface area contributed by atoms with E-state index in [2.05, 4.69) is 16.0 Å². The molecule has 0 aliphatic carbocycles. The first kappa shape index (κ1) is 20.3. The van der Waals surface area contributed by atoms with E-state index >= 15 is 0 Å². The van der Waals surface area contributed by atoms with Crippen molar-refractivity contribution in [3.8, 4) is 0 Å². The molecule has 0 aromatic heterocycles. The van der Waals surface area contributed by atoms with Gasteiger partial charge in [0.2, 0.25) is 5.91 Å². The van der Waals surface area contributed by atoms with Crippen LogP contribution in [-0.2, 0) is 4.79 Å². The average Bonchev–Trinajstić information content (AvgIpc) is 2.70. The number of halogens is 3. The van der Waals surface area contributed by atoms with Crippen LogP contribution in [0.4, 0.5) is 25.8 Å². The Hall–Kier alpha value is -3.45. The molecular formula is C21H16ClF2N3O2. The first-order chi connectivity index (χ1) is 13.9. The summed E-state index contributed by atoms with van der Waals surface area (Å²) in [5.41, 5.74) is 1.15. The molecular weight excluding hydrogens is 400 g/mol. The third kappa shape index (κ3) is 5.52. The average molecular weight is 416 g/mol. The number of benzene rings is 3. The second-order valence-electron chi connectivity index (χ2n) is 6.03. The van der Waals surface area contributed by atoms with E-state index in [4.69, 9.17) is 11.6 Å². The monoisotopic (exact) mass is 415 g/mol. The minimum Gasteiger partial charge on any atom is -0.376 e. The zero-order chi connectivity index (χ0) is 20.8. The van der Waals surface area contributed by atoms with Crippen LogP contribution in [0.1, 0.15) is 10.4 Å². The number of carbonyl (C=O) groups is 2. The molecule has 2 amide bonds. The van der Waals surface area contributed by atoms with E-state index in [0.717, 1.165) is 6.07 Å². The fourth-order valence-electron chi connectivity index (χ4n) is 2.53. The highest BCUT2D eigenvalue weighted by Crippen LogP contribution is 2.20. The van der Waals surface area contributed by atoms with Gasteiger partial charge in [-0.25, -0.2) is 8.78 Å². The maximum Gasteiger partial charge on any atom is 0.257 e. The van der Waals surface area contributed by atoms with Gasteiger partial charge in [0.15, 0.2) is 0 Å². The molecule has 5 nitrogen and oxygen atoms in total. The molecule has 0 bridgehead atoms. The van der Waals surface area contributed by atoms with Crippen LogP contribution < -0.4 is 16.0 Å². The van der Waals surface area contributed by atoms with E-state index < -0.39 is 23.4 Å². The smallest absolute Gasteiger partial charge is 0.257 e. The number of carbonyl (C=O) groups excluding carboxylic acids is 2. The lowest BCUT2D eigenvalue weighted by atomic mass is 10.1. The standard InChI is InChI=1S/C21H16ClF2N3O2/c22-13-5-10-19(17(24)11-13)27-20(28)12-25-18-4-2-1-3-16(18)21(29)26-15-8-6-14(23)7-9-15/h1-11,25H,12H2,(H,26,29)(H,27,28). The Kier molecular flexibility index (Phi) is 6.41. The highest BCUT2D eigenvalue weighted by atomic mass is 35.5. The first-order valence-corrected chi connectivity index (χ1v) is 8.95. The van der Waals surface area contributed by atoms with Gasteiger partial charge in [-0.3, -0.25) is 9.59 Å². The Morgan fingerprint density at radius 3 is 2.31 bits per heavy atom. The molecule has 0 aliphatic heterocycles. The fraction of sp³-hybridized carbons (Fsp3) is 0.0476. The van der Waals surface area contributed by atoms with Crippen molar-refractivity contribution in [1.29, 1.82) is 0 Å². The van der Waals surface area contributed by atoms with Crippen molar-refractivity contribution >= 4 is 40.5 Å². The molecule has 29 heavy (non-hydrogen) atoms. The van der Waals surface area contributed by atoms with Crippen molar-refractivity contribution in [2.75, 3.05) is 22.5 Å². The van der Waals surface area contributed by atoms with E-state index in [9.17, 15) is 18.4 Å². The third-order valence-electron chi connectivity index (χ3n) is 3.92. The third-order valence-corrected chi connectivity index (χ3v) is 4.15. The maximum absolute atomic E-state index is 13.8. The van der Waals surface area contributed by atoms with E-state index in [1.54, 1.807) is 24.3 Å². The lowest BCUT2D eigenvalue weighted by Gasteiger charge is -2.13. The molecule has 0 saturated heterocycles. The summed E-state index contributed by atoms with van der Waals surface area (Å²) in [7, 11) is 0. The van der Waals surface area contributed by atoms with Crippen molar-refractivity contribution in [2.24, 2.45) is 0 Å². The Balaban J connectivity index is 1.64. The highest BCUT2D eigenvalue weighted by Gasteiger charge is 2.13. The van der Waals surface area contributed by atoms with Gasteiger partial charge >= 0.3 is 0 Å². The van der Waals surface area contributed by atoms with Crippen LogP contribution in [0.3, 0.4) is 0 Å². The molecule has 3 aromatic rings. The highest BCUT2D eigenvalue weighted by molar-refractivity contribution is 6.30. The largest absolute Gasteiger partial charge is 0.376 e. The number of anilines is 3. The molecule has 0 radical (unpaired) electrons. The van der Waals surface area contributed by atoms with Gasteiger partial charge in [-0.05, 0) is 54.6 Å². The molecule has 0 heterocycles. The predicted octanol–water partition coefficient (Wildman–Crippen LogP) is 4.92. The van der Waals surface area contributed by atoms with E-state index in [0.29, 0.717) is 16.9 Å². The van der Waals surface area contributed by atoms with Crippen LogP contribution in [0.25, 0.3) is 0 Å². The number of hydrogen-bond acceptors (Lipinski definition) is 3. The van der Waals surface area contributed by atoms with Crippen LogP contribution in [0, 0.1) is 11.6 Å². The molecule has 8 heteroatoms. The van der Waals surface area contributed by atoms with Crippen LogP contribution in [-0.4, -0.2) is 18.4 Å². The number of para-hydroxylation sites is 1. The van der Waals surface area contributed by atoms with Gasteiger partial charge in [0.1, 0.15) is 11.6 Å². The Bertz CT molecular complexity index is 1040. The van der Waals surface area contributed by atoms with E-state index in [1.807, 2.05) is 0 Å². The number of hydrogen-bond donors (Lipinski definition) is 3. The lowest BCUT2D eigenvalue weighted by molar-refractivity contribution is -0.114. The summed E-state index contributed by atoms with van der Waals surface area (Å²) >= 11 is 5.69. The molecule has 3 N–H and O–H groups in total. The minimum atomic E-state index is -0.648. The van der Waals surface area contributed by atoms with Crippen LogP contribution in [0.5, 0.6) is 0 Å². The van der Waals surface area contributed by atoms with Gasteiger partial charge in [-0.1, -0.05) is 23.7 Å². The summed E-state index contributed by atoms with van der Waals surface area (Å²) in [6.07, 6.45) is 0. The summed E-state index contributed by atoms with van der Waals surface area (Å²) in [5.74, 6) is -1.98. The van der Waals surface area contributed by atoms with Gasteiger partial charge in [0.25, 0.3) is 5.91 Å². The van der Waals surface area contributed by atoms with Crippen molar-refractivity contribution in [1.82, 2.24) is 0 Å². The molecule has 0 saturated carbocycles. The molecule has 0 atom stereocenters. The van der Waals surface area contributed by atoms with Gasteiger partial charge in [0.05, 0.1) is 17.8 Å². The van der Waals surface area contributed by atoms with Crippen LogP contribution >= 0.6 is 11.6 Å². The molecule has 148 valence electrons. The number of nitrogens with one attached hydrogen (secondary N) is 3. The summed E-state index contributed by atoms with van der Waals surface area (Å²) in [4.78, 5) is 24.6. The van der Waals surface area contributed by atoms with Crippen molar-refractivity contribution < 1.29 is 18.4 Å². The maximum atomic E-state index is 13.8. The summed E-state index contributed by atoms with van der Waals surface area (Å²) in [5, 5.41) is 8.17. The van der Waals surface area contributed by atoms with Crippen molar-refractivity contribution in [3.05, 3.63) is 89.0 Å². The van der Waals surface area contributed by atoms with E-state index in [1.165, 1.54) is 36.4 Å². The SMILES string of the molecule is O=C(CNc1ccccc1C(=O)Nc1ccc(F)cc1)Nc1ccc(Cl)cc1F. The summed E-state index contributed by atoms with van der Waals surface area (Å²) < 4.78 is 26.8. The Labute approximate surface area is 170 Å². The van der Waals surface area contributed by atoms with Crippen LogP contribution in [0.2, 0.25) is 5.02 Å². The summed E-state index contributed by atoms with van der Waals surface area (Å²) in [6.45, 7) is -0.192. The zero-order valence-electron chi connectivity index (χ0n) is 15.0.